The zero-order chi connectivity index (χ0) is 10.0. The Kier molecular flexibility index (Phi) is 5.60. The van der Waals surface area contributed by atoms with E-state index >= 15 is 0 Å². The number of aromatic hydroxyl groups is 1. The summed E-state index contributed by atoms with van der Waals surface area (Å²) in [6.07, 6.45) is 0.803. The first-order chi connectivity index (χ1) is 6.06. The minimum absolute atomic E-state index is 0. The molecule has 0 radical (unpaired) electrons. The van der Waals surface area contributed by atoms with Gasteiger partial charge < -0.3 is 10.8 Å². The van der Waals surface area contributed by atoms with Crippen molar-refractivity contribution in [2.75, 3.05) is 0 Å². The predicted octanol–water partition coefficient (Wildman–Crippen LogP) is 3.53. The normalized spacial score (nSPS) is 12.0. The van der Waals surface area contributed by atoms with Crippen molar-refractivity contribution in [1.29, 1.82) is 0 Å². The second-order valence-electron chi connectivity index (χ2n) is 2.85. The van der Waals surface area contributed by atoms with Gasteiger partial charge in [-0.1, -0.05) is 30.1 Å². The van der Waals surface area contributed by atoms with Crippen LogP contribution in [0.15, 0.2) is 12.1 Å². The van der Waals surface area contributed by atoms with E-state index in [1.807, 2.05) is 6.92 Å². The van der Waals surface area contributed by atoms with Gasteiger partial charge in [-0.15, -0.1) is 12.4 Å². The fourth-order valence-corrected chi connectivity index (χ4v) is 1.54. The van der Waals surface area contributed by atoms with Crippen LogP contribution < -0.4 is 5.73 Å². The monoisotopic (exact) mass is 255 g/mol. The molecule has 0 heterocycles. The van der Waals surface area contributed by atoms with Crippen molar-refractivity contribution < 1.29 is 5.11 Å². The first-order valence-electron chi connectivity index (χ1n) is 3.99. The summed E-state index contributed by atoms with van der Waals surface area (Å²) in [5, 5.41) is 9.76. The molecule has 5 heteroatoms. The molecular weight excluding hydrogens is 244 g/mol. The van der Waals surface area contributed by atoms with E-state index in [-0.39, 0.29) is 34.2 Å². The number of halogens is 3. The van der Waals surface area contributed by atoms with Crippen LogP contribution in [0.2, 0.25) is 10.0 Å². The number of nitrogens with two attached hydrogens (primary N) is 1. The van der Waals surface area contributed by atoms with E-state index in [0.29, 0.717) is 0 Å². The predicted molar refractivity (Wildman–Crippen MR) is 62.6 cm³/mol. The Morgan fingerprint density at radius 3 is 2.14 bits per heavy atom. The van der Waals surface area contributed by atoms with Gasteiger partial charge >= 0.3 is 0 Å². The zero-order valence-corrected chi connectivity index (χ0v) is 9.96. The molecule has 0 unspecified atom stereocenters. The Morgan fingerprint density at radius 2 is 1.79 bits per heavy atom. The summed E-state index contributed by atoms with van der Waals surface area (Å²) in [5.41, 5.74) is 6.63. The van der Waals surface area contributed by atoms with Crippen LogP contribution in [-0.2, 0) is 0 Å². The van der Waals surface area contributed by atoms with Crippen molar-refractivity contribution in [3.8, 4) is 5.75 Å². The smallest absolute Gasteiger partial charge is 0.152 e. The number of phenolic OH excluding ortho intramolecular Hbond substituents is 1. The molecule has 14 heavy (non-hydrogen) atoms. The van der Waals surface area contributed by atoms with Gasteiger partial charge in [0.1, 0.15) is 0 Å². The maximum Gasteiger partial charge on any atom is 0.152 e. The largest absolute Gasteiger partial charge is 0.505 e. The molecule has 0 spiro atoms. The van der Waals surface area contributed by atoms with Gasteiger partial charge in [0.15, 0.2) is 5.75 Å². The first-order valence-corrected chi connectivity index (χ1v) is 4.75. The van der Waals surface area contributed by atoms with Crippen LogP contribution in [0.25, 0.3) is 0 Å². The van der Waals surface area contributed by atoms with E-state index in [1.165, 1.54) is 0 Å². The number of rotatable bonds is 2. The van der Waals surface area contributed by atoms with Crippen LogP contribution in [0.4, 0.5) is 0 Å². The van der Waals surface area contributed by atoms with E-state index in [0.717, 1.165) is 12.0 Å². The van der Waals surface area contributed by atoms with Crippen LogP contribution >= 0.6 is 35.6 Å². The second-order valence-corrected chi connectivity index (χ2v) is 3.66. The summed E-state index contributed by atoms with van der Waals surface area (Å²) in [5.74, 6) is -0.0876. The molecule has 3 N–H and O–H groups in total. The highest BCUT2D eigenvalue weighted by Gasteiger charge is 2.10. The molecule has 0 bridgehead atoms. The molecule has 0 saturated heterocycles. The summed E-state index contributed by atoms with van der Waals surface area (Å²) < 4.78 is 0. The van der Waals surface area contributed by atoms with Crippen molar-refractivity contribution in [3.05, 3.63) is 27.7 Å². The van der Waals surface area contributed by atoms with Crippen LogP contribution in [0.5, 0.6) is 5.75 Å². The third-order valence-electron chi connectivity index (χ3n) is 1.91. The molecule has 0 fully saturated rings. The number of benzene rings is 1. The molecule has 0 aromatic heterocycles. The van der Waals surface area contributed by atoms with Gasteiger partial charge in [0, 0.05) is 6.04 Å². The summed E-state index contributed by atoms with van der Waals surface area (Å²) in [7, 11) is 0. The Balaban J connectivity index is 0.00000169. The average Bonchev–Trinajstić information content (AvgIpc) is 2.12. The Hall–Kier alpha value is -0.150. The lowest BCUT2D eigenvalue weighted by Crippen LogP contribution is -2.08. The fraction of sp³-hybridized carbons (Fsp3) is 0.333. The average molecular weight is 257 g/mol. The third-order valence-corrected chi connectivity index (χ3v) is 2.48. The van der Waals surface area contributed by atoms with Gasteiger partial charge in [0.25, 0.3) is 0 Å². The highest BCUT2D eigenvalue weighted by molar-refractivity contribution is 6.37. The lowest BCUT2D eigenvalue weighted by atomic mass is 10.1. The van der Waals surface area contributed by atoms with E-state index in [9.17, 15) is 5.11 Å². The minimum atomic E-state index is -0.0876. The molecule has 1 rings (SSSR count). The lowest BCUT2D eigenvalue weighted by Gasteiger charge is -2.10. The van der Waals surface area contributed by atoms with Crippen molar-refractivity contribution in [2.45, 2.75) is 19.4 Å². The number of phenols is 1. The molecular formula is C9H12Cl3NO. The maximum absolute atomic E-state index is 9.28. The van der Waals surface area contributed by atoms with Crippen molar-refractivity contribution in [1.82, 2.24) is 0 Å². The number of hydrogen-bond donors (Lipinski definition) is 2. The van der Waals surface area contributed by atoms with Crippen LogP contribution in [0.1, 0.15) is 24.9 Å². The van der Waals surface area contributed by atoms with Crippen LogP contribution in [0, 0.1) is 0 Å². The molecule has 2 nitrogen and oxygen atoms in total. The number of hydrogen-bond acceptors (Lipinski definition) is 2. The van der Waals surface area contributed by atoms with Crippen LogP contribution in [-0.4, -0.2) is 5.11 Å². The first kappa shape index (κ1) is 13.8. The Morgan fingerprint density at radius 1 is 1.36 bits per heavy atom. The van der Waals surface area contributed by atoms with Gasteiger partial charge in [-0.3, -0.25) is 0 Å². The fourth-order valence-electron chi connectivity index (χ4n) is 1.03. The van der Waals surface area contributed by atoms with Crippen LogP contribution in [0.3, 0.4) is 0 Å². The quantitative estimate of drug-likeness (QED) is 0.850. The maximum atomic E-state index is 9.28. The lowest BCUT2D eigenvalue weighted by molar-refractivity contribution is 0.475. The molecule has 1 aromatic rings. The third kappa shape index (κ3) is 2.92. The second kappa shape index (κ2) is 5.66. The summed E-state index contributed by atoms with van der Waals surface area (Å²) in [6, 6.07) is 3.18. The highest BCUT2D eigenvalue weighted by atomic mass is 35.5. The van der Waals surface area contributed by atoms with Crippen molar-refractivity contribution in [3.63, 3.8) is 0 Å². The van der Waals surface area contributed by atoms with Gasteiger partial charge in [-0.25, -0.2) is 0 Å². The van der Waals surface area contributed by atoms with Gasteiger partial charge in [-0.2, -0.15) is 0 Å². The molecule has 0 aliphatic heterocycles. The standard InChI is InChI=1S/C9H11Cl2NO.ClH/c1-2-8(12)5-3-6(10)9(13)7(11)4-5;/h3-4,8,13H,2,12H2,1H3;1H/t8-;/m1./s1. The molecule has 80 valence electrons. The summed E-state index contributed by atoms with van der Waals surface area (Å²) >= 11 is 11.5. The topological polar surface area (TPSA) is 46.2 Å². The van der Waals surface area contributed by atoms with E-state index in [1.54, 1.807) is 12.1 Å². The van der Waals surface area contributed by atoms with E-state index in [2.05, 4.69) is 0 Å². The van der Waals surface area contributed by atoms with Crippen molar-refractivity contribution in [2.24, 2.45) is 5.73 Å². The summed E-state index contributed by atoms with van der Waals surface area (Å²) in [4.78, 5) is 0. The molecule has 1 aromatic carbocycles. The SMILES string of the molecule is CC[C@@H](N)c1cc(Cl)c(O)c(Cl)c1.Cl. The van der Waals surface area contributed by atoms with Gasteiger partial charge in [0.2, 0.25) is 0 Å². The van der Waals surface area contributed by atoms with Gasteiger partial charge in [0.05, 0.1) is 10.0 Å². The molecule has 0 aliphatic rings. The Bertz CT molecular complexity index is 294. The summed E-state index contributed by atoms with van der Waals surface area (Å²) in [6.45, 7) is 1.97. The van der Waals surface area contributed by atoms with Crippen molar-refractivity contribution >= 4 is 35.6 Å². The van der Waals surface area contributed by atoms with E-state index in [4.69, 9.17) is 28.9 Å². The highest BCUT2D eigenvalue weighted by Crippen LogP contribution is 2.34. The zero-order valence-electron chi connectivity index (χ0n) is 7.63. The molecule has 0 aliphatic carbocycles. The molecule has 1 atom stereocenters. The minimum Gasteiger partial charge on any atom is -0.505 e. The van der Waals surface area contributed by atoms with E-state index < -0.39 is 0 Å². The van der Waals surface area contributed by atoms with Gasteiger partial charge in [-0.05, 0) is 24.1 Å². The molecule has 0 saturated carbocycles. The molecule has 0 amide bonds. The Labute approximate surface area is 99.4 Å².